The van der Waals surface area contributed by atoms with Crippen LogP contribution < -0.4 is 5.32 Å². The van der Waals surface area contributed by atoms with Crippen LogP contribution in [-0.2, 0) is 17.8 Å². The van der Waals surface area contributed by atoms with Gasteiger partial charge in [0.15, 0.2) is 0 Å². The van der Waals surface area contributed by atoms with Gasteiger partial charge < -0.3 is 9.88 Å². The Morgan fingerprint density at radius 2 is 2.04 bits per heavy atom. The number of fused-ring (bicyclic) bond motifs is 1. The van der Waals surface area contributed by atoms with Gasteiger partial charge in [-0.05, 0) is 43.9 Å². The van der Waals surface area contributed by atoms with Crippen molar-refractivity contribution >= 4 is 16.9 Å². The fourth-order valence-electron chi connectivity index (χ4n) is 3.43. The van der Waals surface area contributed by atoms with Crippen LogP contribution in [0.3, 0.4) is 0 Å². The van der Waals surface area contributed by atoms with Gasteiger partial charge in [0.25, 0.3) is 0 Å². The third-order valence-corrected chi connectivity index (χ3v) is 4.98. The van der Waals surface area contributed by atoms with Crippen molar-refractivity contribution in [3.8, 4) is 0 Å². The van der Waals surface area contributed by atoms with Crippen LogP contribution in [0.15, 0.2) is 48.5 Å². The van der Waals surface area contributed by atoms with Gasteiger partial charge in [-0.3, -0.25) is 4.79 Å². The zero-order valence-corrected chi connectivity index (χ0v) is 15.2. The number of aryl methyl sites for hydroxylation is 2. The Morgan fingerprint density at radius 3 is 2.85 bits per heavy atom. The van der Waals surface area contributed by atoms with Gasteiger partial charge in [-0.25, -0.2) is 4.98 Å². The molecule has 1 amide bonds. The molecule has 0 spiro atoms. The molecule has 0 aliphatic heterocycles. The number of nitrogens with zero attached hydrogens (tertiary/aromatic N) is 2. The summed E-state index contributed by atoms with van der Waals surface area (Å²) in [5.74, 6) is 1.59. The molecule has 1 aromatic heterocycles. The van der Waals surface area contributed by atoms with Crippen LogP contribution in [0.4, 0.5) is 0 Å². The maximum absolute atomic E-state index is 11.8. The summed E-state index contributed by atoms with van der Waals surface area (Å²) in [4.78, 5) is 16.6. The summed E-state index contributed by atoms with van der Waals surface area (Å²) >= 11 is 0. The minimum Gasteiger partial charge on any atom is -0.356 e. The van der Waals surface area contributed by atoms with Crippen LogP contribution in [-0.4, -0.2) is 22.0 Å². The fraction of sp³-hybridized carbons (Fsp3) is 0.364. The molecule has 1 N–H and O–H groups in total. The van der Waals surface area contributed by atoms with Crippen molar-refractivity contribution in [2.45, 2.75) is 39.2 Å². The molecule has 4 heteroatoms. The second-order valence-electron chi connectivity index (χ2n) is 7.26. The molecule has 0 unspecified atom stereocenters. The van der Waals surface area contributed by atoms with E-state index in [9.17, 15) is 4.79 Å². The number of carbonyl (C=O) groups is 1. The molecule has 0 bridgehead atoms. The second kappa shape index (κ2) is 7.32. The number of para-hydroxylation sites is 2. The Bertz CT molecular complexity index is 924. The number of nitrogens with one attached hydrogen (secondary N) is 1. The predicted molar refractivity (Wildman–Crippen MR) is 104 cm³/mol. The quantitative estimate of drug-likeness (QED) is 0.660. The smallest absolute Gasteiger partial charge is 0.223 e. The Labute approximate surface area is 154 Å². The first kappa shape index (κ1) is 16.8. The summed E-state index contributed by atoms with van der Waals surface area (Å²) in [5, 5.41) is 3.05. The summed E-state index contributed by atoms with van der Waals surface area (Å²) in [6.45, 7) is 3.67. The van der Waals surface area contributed by atoms with E-state index < -0.39 is 0 Å². The molecule has 0 saturated heterocycles. The lowest BCUT2D eigenvalue weighted by atomic mass is 10.1. The maximum Gasteiger partial charge on any atom is 0.223 e. The van der Waals surface area contributed by atoms with Crippen molar-refractivity contribution in [2.75, 3.05) is 6.54 Å². The molecule has 1 saturated carbocycles. The van der Waals surface area contributed by atoms with Gasteiger partial charge in [0.2, 0.25) is 5.91 Å². The molecule has 0 atom stereocenters. The SMILES string of the molecule is Cc1cccc(Cn2c(CCCNC(=O)C3CC3)nc3ccccc32)c1. The van der Waals surface area contributed by atoms with Crippen LogP contribution in [0, 0.1) is 12.8 Å². The Kier molecular flexibility index (Phi) is 4.74. The monoisotopic (exact) mass is 347 g/mol. The normalized spacial score (nSPS) is 13.9. The van der Waals surface area contributed by atoms with Crippen LogP contribution >= 0.6 is 0 Å². The summed E-state index contributed by atoms with van der Waals surface area (Å²) in [6, 6.07) is 16.9. The van der Waals surface area contributed by atoms with E-state index in [4.69, 9.17) is 4.98 Å². The summed E-state index contributed by atoms with van der Waals surface area (Å²) in [5.41, 5.74) is 4.77. The topological polar surface area (TPSA) is 46.9 Å². The molecule has 3 aromatic rings. The molecule has 1 fully saturated rings. The average molecular weight is 347 g/mol. The number of hydrogen-bond donors (Lipinski definition) is 1. The molecule has 1 heterocycles. The van der Waals surface area contributed by atoms with Gasteiger partial charge in [0.05, 0.1) is 11.0 Å². The van der Waals surface area contributed by atoms with E-state index in [1.807, 2.05) is 6.07 Å². The van der Waals surface area contributed by atoms with E-state index in [0.29, 0.717) is 0 Å². The maximum atomic E-state index is 11.8. The number of rotatable bonds is 7. The highest BCUT2D eigenvalue weighted by Crippen LogP contribution is 2.28. The third-order valence-electron chi connectivity index (χ3n) is 4.98. The number of imidazole rings is 1. The first-order chi connectivity index (χ1) is 12.7. The lowest BCUT2D eigenvalue weighted by Gasteiger charge is -2.10. The molecule has 2 aromatic carbocycles. The predicted octanol–water partition coefficient (Wildman–Crippen LogP) is 3.85. The minimum absolute atomic E-state index is 0.221. The Hall–Kier alpha value is -2.62. The molecule has 1 aliphatic rings. The number of benzene rings is 2. The van der Waals surface area contributed by atoms with Gasteiger partial charge in [0.1, 0.15) is 5.82 Å². The molecule has 4 nitrogen and oxygen atoms in total. The number of hydrogen-bond acceptors (Lipinski definition) is 2. The third kappa shape index (κ3) is 3.79. The van der Waals surface area contributed by atoms with Crippen molar-refractivity contribution in [2.24, 2.45) is 5.92 Å². The zero-order valence-electron chi connectivity index (χ0n) is 15.2. The van der Waals surface area contributed by atoms with Gasteiger partial charge in [-0.1, -0.05) is 42.0 Å². The van der Waals surface area contributed by atoms with Crippen LogP contribution in [0.2, 0.25) is 0 Å². The highest BCUT2D eigenvalue weighted by atomic mass is 16.2. The standard InChI is InChI=1S/C22H25N3O/c1-16-6-4-7-17(14-16)15-25-20-9-3-2-8-19(20)24-21(25)10-5-13-23-22(26)18-11-12-18/h2-4,6-9,14,18H,5,10-13,15H2,1H3,(H,23,26). The number of carbonyl (C=O) groups excluding carboxylic acids is 1. The van der Waals surface area contributed by atoms with Gasteiger partial charge in [0, 0.05) is 25.4 Å². The summed E-state index contributed by atoms with van der Waals surface area (Å²) in [6.07, 6.45) is 3.89. The Balaban J connectivity index is 1.50. The van der Waals surface area contributed by atoms with Crippen LogP contribution in [0.25, 0.3) is 11.0 Å². The second-order valence-corrected chi connectivity index (χ2v) is 7.26. The highest BCUT2D eigenvalue weighted by molar-refractivity contribution is 5.80. The summed E-state index contributed by atoms with van der Waals surface area (Å²) in [7, 11) is 0. The fourth-order valence-corrected chi connectivity index (χ4v) is 3.43. The van der Waals surface area contributed by atoms with Crippen molar-refractivity contribution < 1.29 is 4.79 Å². The molecular weight excluding hydrogens is 322 g/mol. The molecule has 0 radical (unpaired) electrons. The van der Waals surface area contributed by atoms with Crippen molar-refractivity contribution in [1.29, 1.82) is 0 Å². The van der Waals surface area contributed by atoms with Crippen LogP contribution in [0.5, 0.6) is 0 Å². The van der Waals surface area contributed by atoms with Gasteiger partial charge in [-0.15, -0.1) is 0 Å². The Morgan fingerprint density at radius 1 is 1.19 bits per heavy atom. The van der Waals surface area contributed by atoms with Crippen molar-refractivity contribution in [1.82, 2.24) is 14.9 Å². The van der Waals surface area contributed by atoms with E-state index in [1.165, 1.54) is 16.6 Å². The minimum atomic E-state index is 0.221. The lowest BCUT2D eigenvalue weighted by Crippen LogP contribution is -2.26. The van der Waals surface area contributed by atoms with E-state index in [1.54, 1.807) is 0 Å². The number of aromatic nitrogens is 2. The van der Waals surface area contributed by atoms with Gasteiger partial charge in [-0.2, -0.15) is 0 Å². The van der Waals surface area contributed by atoms with E-state index in [-0.39, 0.29) is 11.8 Å². The first-order valence-corrected chi connectivity index (χ1v) is 9.48. The van der Waals surface area contributed by atoms with Gasteiger partial charge >= 0.3 is 0 Å². The molecule has 26 heavy (non-hydrogen) atoms. The molecule has 134 valence electrons. The molecular formula is C22H25N3O. The van der Waals surface area contributed by atoms with Crippen molar-refractivity contribution in [3.05, 3.63) is 65.5 Å². The average Bonchev–Trinajstić information content (AvgIpc) is 3.43. The summed E-state index contributed by atoms with van der Waals surface area (Å²) < 4.78 is 2.31. The highest BCUT2D eigenvalue weighted by Gasteiger charge is 2.29. The van der Waals surface area contributed by atoms with E-state index in [0.717, 1.165) is 50.1 Å². The van der Waals surface area contributed by atoms with E-state index in [2.05, 4.69) is 59.3 Å². The molecule has 1 aliphatic carbocycles. The lowest BCUT2D eigenvalue weighted by molar-refractivity contribution is -0.122. The largest absolute Gasteiger partial charge is 0.356 e. The number of amides is 1. The molecule has 4 rings (SSSR count). The first-order valence-electron chi connectivity index (χ1n) is 9.48. The van der Waals surface area contributed by atoms with Crippen LogP contribution in [0.1, 0.15) is 36.2 Å². The van der Waals surface area contributed by atoms with Crippen molar-refractivity contribution in [3.63, 3.8) is 0 Å². The zero-order chi connectivity index (χ0) is 17.9. The van der Waals surface area contributed by atoms with E-state index >= 15 is 0 Å².